The van der Waals surface area contributed by atoms with E-state index >= 15 is 0 Å². The molecule has 2 saturated heterocycles. The number of hydrogen-bond donors (Lipinski definition) is 2. The van der Waals surface area contributed by atoms with Gasteiger partial charge in [-0.2, -0.15) is 0 Å². The summed E-state index contributed by atoms with van der Waals surface area (Å²) in [5.41, 5.74) is 2.22. The number of carbonyl (C=O) groups excluding carboxylic acids is 1. The number of hydrogen-bond acceptors (Lipinski definition) is 7. The Kier molecular flexibility index (Phi) is 7.07. The lowest BCUT2D eigenvalue weighted by atomic mass is 9.86. The van der Waals surface area contributed by atoms with Crippen LogP contribution in [0.4, 0.5) is 5.69 Å². The largest absolute Gasteiger partial charge is 0.465 e. The fourth-order valence-electron chi connectivity index (χ4n) is 5.26. The molecule has 2 N–H and O–H groups in total. The molecule has 5 rings (SSSR count). The Morgan fingerprint density at radius 3 is 2.85 bits per heavy atom. The van der Waals surface area contributed by atoms with Gasteiger partial charge in [-0.25, -0.2) is 9.48 Å². The molecule has 1 aromatic heterocycles. The number of methoxy groups -OCH3 is 1. The molecule has 3 aliphatic rings. The van der Waals surface area contributed by atoms with Gasteiger partial charge in [0.15, 0.2) is 5.11 Å². The van der Waals surface area contributed by atoms with Crippen molar-refractivity contribution in [2.75, 3.05) is 25.6 Å². The third-order valence-corrected chi connectivity index (χ3v) is 7.23. The van der Waals surface area contributed by atoms with E-state index in [0.29, 0.717) is 29.6 Å². The van der Waals surface area contributed by atoms with Crippen LogP contribution < -0.4 is 10.6 Å². The van der Waals surface area contributed by atoms with Gasteiger partial charge in [0.05, 0.1) is 37.6 Å². The molecule has 0 spiro atoms. The van der Waals surface area contributed by atoms with Crippen LogP contribution in [0.2, 0.25) is 0 Å². The topological polar surface area (TPSA) is 99.5 Å². The van der Waals surface area contributed by atoms with Crippen molar-refractivity contribution in [2.45, 2.75) is 62.8 Å². The van der Waals surface area contributed by atoms with Crippen LogP contribution in [-0.2, 0) is 20.6 Å². The highest BCUT2D eigenvalue weighted by atomic mass is 32.1. The van der Waals surface area contributed by atoms with E-state index in [0.717, 1.165) is 18.0 Å². The van der Waals surface area contributed by atoms with E-state index in [9.17, 15) is 4.79 Å². The Balaban J connectivity index is 1.16. The van der Waals surface area contributed by atoms with Crippen molar-refractivity contribution in [3.63, 3.8) is 0 Å². The molecule has 9 nitrogen and oxygen atoms in total. The first-order valence-electron chi connectivity index (χ1n) is 12.0. The minimum Gasteiger partial charge on any atom is -0.465 e. The number of anilines is 1. The van der Waals surface area contributed by atoms with Gasteiger partial charge >= 0.3 is 5.97 Å². The Hall–Kier alpha value is -2.56. The van der Waals surface area contributed by atoms with Gasteiger partial charge in [-0.3, -0.25) is 0 Å². The zero-order chi connectivity index (χ0) is 23.5. The summed E-state index contributed by atoms with van der Waals surface area (Å²) in [5, 5.41) is 15.7. The van der Waals surface area contributed by atoms with Crippen molar-refractivity contribution >= 4 is 29.0 Å². The molecule has 34 heavy (non-hydrogen) atoms. The maximum absolute atomic E-state index is 11.8. The number of nitrogens with zero attached hydrogens (tertiary/aromatic N) is 3. The summed E-state index contributed by atoms with van der Waals surface area (Å²) in [4.78, 5) is 11.8. The van der Waals surface area contributed by atoms with Gasteiger partial charge in [0.2, 0.25) is 0 Å². The summed E-state index contributed by atoms with van der Waals surface area (Å²) in [6.07, 6.45) is 9.44. The molecular formula is C24H31N5O4S. The molecule has 1 saturated carbocycles. The Morgan fingerprint density at radius 1 is 1.21 bits per heavy atom. The zero-order valence-corrected chi connectivity index (χ0v) is 20.1. The minimum atomic E-state index is -0.394. The first kappa shape index (κ1) is 23.2. The molecule has 182 valence electrons. The third-order valence-electron chi connectivity index (χ3n) is 7.01. The number of fused-ring (bicyclic) bond motifs is 1. The highest BCUT2D eigenvalue weighted by Gasteiger charge is 2.49. The van der Waals surface area contributed by atoms with Gasteiger partial charge in [-0.1, -0.05) is 43.4 Å². The third kappa shape index (κ3) is 5.08. The first-order valence-corrected chi connectivity index (χ1v) is 12.4. The van der Waals surface area contributed by atoms with E-state index in [-0.39, 0.29) is 24.3 Å². The van der Waals surface area contributed by atoms with Crippen LogP contribution in [0.3, 0.4) is 0 Å². The smallest absolute Gasteiger partial charge is 0.337 e. The van der Waals surface area contributed by atoms with E-state index in [4.69, 9.17) is 26.4 Å². The molecule has 1 aromatic carbocycles. The van der Waals surface area contributed by atoms with Gasteiger partial charge in [0.1, 0.15) is 18.2 Å². The highest BCUT2D eigenvalue weighted by molar-refractivity contribution is 7.80. The highest BCUT2D eigenvalue weighted by Crippen LogP contribution is 2.34. The number of carbonyl (C=O) groups is 1. The fraction of sp³-hybridized carbons (Fsp3) is 0.583. The van der Waals surface area contributed by atoms with Gasteiger partial charge in [0.25, 0.3) is 0 Å². The minimum absolute atomic E-state index is 0.00248. The van der Waals surface area contributed by atoms with E-state index in [1.807, 2.05) is 10.7 Å². The van der Waals surface area contributed by atoms with Crippen LogP contribution >= 0.6 is 12.2 Å². The number of nitrogens with one attached hydrogen (secondary N) is 2. The molecule has 2 aliphatic heterocycles. The second kappa shape index (κ2) is 10.4. The van der Waals surface area contributed by atoms with E-state index in [2.05, 4.69) is 27.1 Å². The summed E-state index contributed by atoms with van der Waals surface area (Å²) in [6, 6.07) is 6.93. The number of thiocarbonyl (C=S) groups is 1. The quantitative estimate of drug-likeness (QED) is 0.473. The van der Waals surface area contributed by atoms with Gasteiger partial charge in [-0.05, 0) is 42.8 Å². The first-order chi connectivity index (χ1) is 16.6. The number of esters is 1. The van der Waals surface area contributed by atoms with Crippen LogP contribution in [0, 0.1) is 5.92 Å². The monoisotopic (exact) mass is 485 g/mol. The molecule has 2 aromatic rings. The van der Waals surface area contributed by atoms with E-state index in [1.165, 1.54) is 39.2 Å². The van der Waals surface area contributed by atoms with Crippen molar-refractivity contribution in [2.24, 2.45) is 5.92 Å². The summed E-state index contributed by atoms with van der Waals surface area (Å²) < 4.78 is 18.9. The van der Waals surface area contributed by atoms with Crippen LogP contribution in [0.25, 0.3) is 0 Å². The molecule has 3 fully saturated rings. The fourth-order valence-corrected chi connectivity index (χ4v) is 5.53. The SMILES string of the molecule is COC(=O)c1cccc(NC(=S)NC2COC3C2OCC3n2cc(CC3CCCCC3)nn2)c1. The van der Waals surface area contributed by atoms with Crippen molar-refractivity contribution < 1.29 is 19.0 Å². The van der Waals surface area contributed by atoms with Crippen LogP contribution in [0.1, 0.15) is 54.2 Å². The van der Waals surface area contributed by atoms with Crippen molar-refractivity contribution in [1.29, 1.82) is 0 Å². The summed E-state index contributed by atoms with van der Waals surface area (Å²) in [6.45, 7) is 1.01. The number of aromatic nitrogens is 3. The Labute approximate surface area is 204 Å². The van der Waals surface area contributed by atoms with Gasteiger partial charge in [0, 0.05) is 11.9 Å². The summed E-state index contributed by atoms with van der Waals surface area (Å²) >= 11 is 5.50. The lowest BCUT2D eigenvalue weighted by Crippen LogP contribution is -2.45. The average Bonchev–Trinajstić information content (AvgIpc) is 3.57. The molecule has 10 heteroatoms. The molecule has 0 amide bonds. The Morgan fingerprint density at radius 2 is 2.03 bits per heavy atom. The molecule has 4 atom stereocenters. The van der Waals surface area contributed by atoms with E-state index in [1.54, 1.807) is 18.2 Å². The molecule has 0 radical (unpaired) electrons. The molecule has 4 unspecified atom stereocenters. The molecule has 3 heterocycles. The van der Waals surface area contributed by atoms with E-state index < -0.39 is 5.97 Å². The Bertz CT molecular complexity index is 1020. The predicted molar refractivity (Wildman–Crippen MR) is 130 cm³/mol. The molecule has 1 aliphatic carbocycles. The predicted octanol–water partition coefficient (Wildman–Crippen LogP) is 2.88. The lowest BCUT2D eigenvalue weighted by molar-refractivity contribution is 0.0600. The maximum atomic E-state index is 11.8. The summed E-state index contributed by atoms with van der Waals surface area (Å²) in [7, 11) is 1.36. The standard InChI is InChI=1S/C24H31N5O4S/c1-31-23(30)16-8-5-9-17(11-16)25-24(34)26-19-13-32-22-20(14-33-21(19)22)29-12-18(27-28-29)10-15-6-3-2-4-7-15/h5,8-9,11-12,15,19-22H,2-4,6-7,10,13-14H2,1H3,(H2,25,26,34). The number of benzene rings is 1. The summed E-state index contributed by atoms with van der Waals surface area (Å²) in [5.74, 6) is 0.333. The zero-order valence-electron chi connectivity index (χ0n) is 19.3. The van der Waals surface area contributed by atoms with Gasteiger partial charge < -0.3 is 24.8 Å². The lowest BCUT2D eigenvalue weighted by Gasteiger charge is -2.20. The van der Waals surface area contributed by atoms with Crippen molar-refractivity contribution in [3.8, 4) is 0 Å². The van der Waals surface area contributed by atoms with Crippen LogP contribution in [-0.4, -0.2) is 64.6 Å². The average molecular weight is 486 g/mol. The van der Waals surface area contributed by atoms with Crippen molar-refractivity contribution in [1.82, 2.24) is 20.3 Å². The number of rotatable bonds is 6. The number of ether oxygens (including phenoxy) is 3. The van der Waals surface area contributed by atoms with Crippen molar-refractivity contribution in [3.05, 3.63) is 41.7 Å². The normalized spacial score (nSPS) is 26.7. The second-order valence-electron chi connectivity index (χ2n) is 9.34. The van der Waals surface area contributed by atoms with Crippen LogP contribution in [0.15, 0.2) is 30.5 Å². The van der Waals surface area contributed by atoms with Crippen LogP contribution in [0.5, 0.6) is 0 Å². The maximum Gasteiger partial charge on any atom is 0.337 e. The molecular weight excluding hydrogens is 454 g/mol. The van der Waals surface area contributed by atoms with Gasteiger partial charge in [-0.15, -0.1) is 5.10 Å². The molecule has 0 bridgehead atoms. The second-order valence-corrected chi connectivity index (χ2v) is 9.75.